The molecule has 1 fully saturated rings. The Morgan fingerprint density at radius 2 is 2.04 bits per heavy atom. The molecule has 128 valence electrons. The Morgan fingerprint density at radius 3 is 2.79 bits per heavy atom. The zero-order valence-corrected chi connectivity index (χ0v) is 14.8. The normalized spacial score (nSPS) is 19.2. The third-order valence-electron chi connectivity index (χ3n) is 5.30. The van der Waals surface area contributed by atoms with Crippen LogP contribution in [0.3, 0.4) is 0 Å². The minimum atomic E-state index is 0.251. The van der Waals surface area contributed by atoms with Gasteiger partial charge in [0.15, 0.2) is 0 Å². The van der Waals surface area contributed by atoms with Gasteiger partial charge in [0, 0.05) is 20.0 Å². The van der Waals surface area contributed by atoms with Crippen LogP contribution in [0.4, 0.5) is 0 Å². The van der Waals surface area contributed by atoms with E-state index < -0.39 is 0 Å². The van der Waals surface area contributed by atoms with E-state index in [1.807, 2.05) is 11.9 Å². The van der Waals surface area contributed by atoms with E-state index in [1.54, 1.807) is 0 Å². The van der Waals surface area contributed by atoms with Crippen LogP contribution in [0.15, 0.2) is 42.5 Å². The third-order valence-corrected chi connectivity index (χ3v) is 5.30. The number of rotatable bonds is 5. The zero-order chi connectivity index (χ0) is 16.9. The lowest BCUT2D eigenvalue weighted by Crippen LogP contribution is -2.36. The summed E-state index contributed by atoms with van der Waals surface area (Å²) in [5.41, 5.74) is 1.19. The van der Waals surface area contributed by atoms with Gasteiger partial charge in [-0.25, -0.2) is 0 Å². The summed E-state index contributed by atoms with van der Waals surface area (Å²) < 4.78 is 0. The standard InChI is InChI=1S/C21H28N2O/c1-16(20-8-5-11-22-14-20)12-21(24)23(2)15-17-9-10-18-6-3-4-7-19(18)13-17/h3-4,6-7,9-10,13,16,20,22H,5,8,11-12,14-15H2,1-2H3. The Labute approximate surface area is 145 Å². The summed E-state index contributed by atoms with van der Waals surface area (Å²) >= 11 is 0. The highest BCUT2D eigenvalue weighted by atomic mass is 16.2. The molecule has 0 radical (unpaired) electrons. The number of nitrogens with zero attached hydrogens (tertiary/aromatic N) is 1. The van der Waals surface area contributed by atoms with E-state index in [-0.39, 0.29) is 5.91 Å². The van der Waals surface area contributed by atoms with Gasteiger partial charge in [-0.3, -0.25) is 4.79 Å². The minimum Gasteiger partial charge on any atom is -0.341 e. The first kappa shape index (κ1) is 17.0. The van der Waals surface area contributed by atoms with Crippen molar-refractivity contribution in [3.8, 4) is 0 Å². The minimum absolute atomic E-state index is 0.251. The first-order valence-electron chi connectivity index (χ1n) is 9.06. The van der Waals surface area contributed by atoms with Gasteiger partial charge in [-0.1, -0.05) is 43.3 Å². The van der Waals surface area contributed by atoms with Gasteiger partial charge in [0.2, 0.25) is 5.91 Å². The molecule has 1 aliphatic heterocycles. The van der Waals surface area contributed by atoms with E-state index in [2.05, 4.69) is 54.7 Å². The summed E-state index contributed by atoms with van der Waals surface area (Å²) in [7, 11) is 1.92. The fraction of sp³-hybridized carbons (Fsp3) is 0.476. The number of fused-ring (bicyclic) bond motifs is 1. The summed E-state index contributed by atoms with van der Waals surface area (Å²) in [5.74, 6) is 1.34. The summed E-state index contributed by atoms with van der Waals surface area (Å²) in [6.07, 6.45) is 3.13. The largest absolute Gasteiger partial charge is 0.341 e. The molecule has 3 heteroatoms. The highest BCUT2D eigenvalue weighted by Gasteiger charge is 2.23. The summed E-state index contributed by atoms with van der Waals surface area (Å²) in [6, 6.07) is 14.8. The first-order chi connectivity index (χ1) is 11.6. The Hall–Kier alpha value is -1.87. The number of nitrogens with one attached hydrogen (secondary N) is 1. The molecule has 1 N–H and O–H groups in total. The van der Waals surface area contributed by atoms with Crippen molar-refractivity contribution >= 4 is 16.7 Å². The molecule has 1 saturated heterocycles. The number of piperidine rings is 1. The lowest BCUT2D eigenvalue weighted by Gasteiger charge is -2.29. The van der Waals surface area contributed by atoms with Crippen molar-refractivity contribution in [2.24, 2.45) is 11.8 Å². The molecule has 2 unspecified atom stereocenters. The number of amides is 1. The van der Waals surface area contributed by atoms with E-state index in [0.29, 0.717) is 24.8 Å². The van der Waals surface area contributed by atoms with E-state index >= 15 is 0 Å². The molecule has 0 aromatic heterocycles. The number of carbonyl (C=O) groups excluding carboxylic acids is 1. The molecular formula is C21H28N2O. The maximum atomic E-state index is 12.6. The number of benzene rings is 2. The lowest BCUT2D eigenvalue weighted by molar-refractivity contribution is -0.131. The van der Waals surface area contributed by atoms with E-state index in [1.165, 1.54) is 29.2 Å². The van der Waals surface area contributed by atoms with Crippen molar-refractivity contribution in [1.82, 2.24) is 10.2 Å². The molecule has 2 aromatic carbocycles. The predicted molar refractivity (Wildman–Crippen MR) is 99.8 cm³/mol. The van der Waals surface area contributed by atoms with Crippen molar-refractivity contribution in [3.63, 3.8) is 0 Å². The van der Waals surface area contributed by atoms with Gasteiger partial charge >= 0.3 is 0 Å². The molecule has 3 rings (SSSR count). The van der Waals surface area contributed by atoms with Crippen LogP contribution < -0.4 is 5.32 Å². The van der Waals surface area contributed by atoms with Gasteiger partial charge in [0.1, 0.15) is 0 Å². The van der Waals surface area contributed by atoms with Crippen LogP contribution in [0.2, 0.25) is 0 Å². The molecular weight excluding hydrogens is 296 g/mol. The van der Waals surface area contributed by atoms with Crippen LogP contribution in [0, 0.1) is 11.8 Å². The Morgan fingerprint density at radius 1 is 1.25 bits per heavy atom. The SMILES string of the molecule is CC(CC(=O)N(C)Cc1ccc2ccccc2c1)C1CCCNC1. The fourth-order valence-corrected chi connectivity index (χ4v) is 3.66. The number of carbonyl (C=O) groups is 1. The van der Waals surface area contributed by atoms with E-state index in [0.717, 1.165) is 13.1 Å². The van der Waals surface area contributed by atoms with Crippen LogP contribution in [-0.4, -0.2) is 30.9 Å². The van der Waals surface area contributed by atoms with Crippen molar-refractivity contribution in [2.45, 2.75) is 32.7 Å². The summed E-state index contributed by atoms with van der Waals surface area (Å²) in [4.78, 5) is 14.4. The highest BCUT2D eigenvalue weighted by molar-refractivity contribution is 5.83. The Kier molecular flexibility index (Phi) is 5.52. The van der Waals surface area contributed by atoms with Gasteiger partial charge in [-0.15, -0.1) is 0 Å². The smallest absolute Gasteiger partial charge is 0.222 e. The fourth-order valence-electron chi connectivity index (χ4n) is 3.66. The predicted octanol–water partition coefficient (Wildman–Crippen LogP) is 3.82. The van der Waals surface area contributed by atoms with Crippen LogP contribution >= 0.6 is 0 Å². The van der Waals surface area contributed by atoms with E-state index in [4.69, 9.17) is 0 Å². The van der Waals surface area contributed by atoms with Gasteiger partial charge in [0.25, 0.3) is 0 Å². The average molecular weight is 324 g/mol. The van der Waals surface area contributed by atoms with Crippen molar-refractivity contribution in [2.75, 3.05) is 20.1 Å². The maximum absolute atomic E-state index is 12.6. The van der Waals surface area contributed by atoms with Crippen LogP contribution in [-0.2, 0) is 11.3 Å². The molecule has 0 aliphatic carbocycles. The van der Waals surface area contributed by atoms with Gasteiger partial charge in [0.05, 0.1) is 0 Å². The quantitative estimate of drug-likeness (QED) is 0.907. The molecule has 1 aliphatic rings. The van der Waals surface area contributed by atoms with Crippen LogP contribution in [0.1, 0.15) is 31.7 Å². The van der Waals surface area contributed by atoms with Crippen LogP contribution in [0.25, 0.3) is 10.8 Å². The number of hydrogen-bond donors (Lipinski definition) is 1. The molecule has 1 amide bonds. The second kappa shape index (κ2) is 7.80. The average Bonchev–Trinajstić information content (AvgIpc) is 2.62. The van der Waals surface area contributed by atoms with Gasteiger partial charge in [-0.2, -0.15) is 0 Å². The van der Waals surface area contributed by atoms with E-state index in [9.17, 15) is 4.79 Å². The molecule has 24 heavy (non-hydrogen) atoms. The molecule has 0 bridgehead atoms. The van der Waals surface area contributed by atoms with Crippen molar-refractivity contribution in [1.29, 1.82) is 0 Å². The van der Waals surface area contributed by atoms with Gasteiger partial charge < -0.3 is 10.2 Å². The lowest BCUT2D eigenvalue weighted by atomic mass is 9.85. The van der Waals surface area contributed by atoms with Crippen molar-refractivity contribution < 1.29 is 4.79 Å². The monoisotopic (exact) mass is 324 g/mol. The zero-order valence-electron chi connectivity index (χ0n) is 14.8. The Bertz CT molecular complexity index is 691. The van der Waals surface area contributed by atoms with Crippen LogP contribution in [0.5, 0.6) is 0 Å². The molecule has 0 saturated carbocycles. The van der Waals surface area contributed by atoms with Gasteiger partial charge in [-0.05, 0) is 60.2 Å². The molecule has 1 heterocycles. The third kappa shape index (κ3) is 4.15. The Balaban J connectivity index is 1.58. The first-order valence-corrected chi connectivity index (χ1v) is 9.06. The highest BCUT2D eigenvalue weighted by Crippen LogP contribution is 2.23. The van der Waals surface area contributed by atoms with Crippen molar-refractivity contribution in [3.05, 3.63) is 48.0 Å². The second-order valence-corrected chi connectivity index (χ2v) is 7.22. The molecule has 0 spiro atoms. The second-order valence-electron chi connectivity index (χ2n) is 7.22. The molecule has 3 nitrogen and oxygen atoms in total. The maximum Gasteiger partial charge on any atom is 0.222 e. The molecule has 2 aromatic rings. The summed E-state index contributed by atoms with van der Waals surface area (Å²) in [6.45, 7) is 5.08. The topological polar surface area (TPSA) is 32.3 Å². The number of hydrogen-bond acceptors (Lipinski definition) is 2. The summed E-state index contributed by atoms with van der Waals surface area (Å²) in [5, 5.41) is 5.93. The molecule has 2 atom stereocenters.